The van der Waals surface area contributed by atoms with Gasteiger partial charge in [-0.2, -0.15) is 0 Å². The van der Waals surface area contributed by atoms with Gasteiger partial charge >= 0.3 is 0 Å². The Balaban J connectivity index is 2.88. The van der Waals surface area contributed by atoms with Crippen molar-refractivity contribution in [1.29, 1.82) is 0 Å². The lowest BCUT2D eigenvalue weighted by Gasteiger charge is -2.09. The minimum Gasteiger partial charge on any atom is -0.289 e. The van der Waals surface area contributed by atoms with Crippen LogP contribution in [0.25, 0.3) is 0 Å². The molecule has 0 saturated carbocycles. The van der Waals surface area contributed by atoms with Gasteiger partial charge in [0.15, 0.2) is 0 Å². The van der Waals surface area contributed by atoms with Gasteiger partial charge in [-0.05, 0) is 13.3 Å². The van der Waals surface area contributed by atoms with Crippen molar-refractivity contribution in [3.8, 4) is 0 Å². The molecule has 0 atom stereocenters. The summed E-state index contributed by atoms with van der Waals surface area (Å²) in [6, 6.07) is 0. The van der Waals surface area contributed by atoms with E-state index in [0.717, 1.165) is 19.6 Å². The summed E-state index contributed by atoms with van der Waals surface area (Å²) in [6.07, 6.45) is 2.35. The molecule has 0 aromatic rings. The third-order valence-electron chi connectivity index (χ3n) is 0.978. The van der Waals surface area contributed by atoms with E-state index in [1.807, 2.05) is 3.28 Å². The van der Waals surface area contributed by atoms with Crippen molar-refractivity contribution in [2.24, 2.45) is 0 Å². The monoisotopic (exact) mass is 243 g/mol. The Morgan fingerprint density at radius 3 is 2.56 bits per heavy atom. The molecule has 0 heterocycles. The molecule has 0 bridgehead atoms. The van der Waals surface area contributed by atoms with Gasteiger partial charge in [0, 0.05) is 29.4 Å². The van der Waals surface area contributed by atoms with Crippen molar-refractivity contribution >= 4 is 22.9 Å². The molecule has 0 radical (unpaired) electrons. The van der Waals surface area contributed by atoms with Crippen LogP contribution in [-0.4, -0.2) is 16.4 Å². The third kappa shape index (κ3) is 6.54. The van der Waals surface area contributed by atoms with Crippen LogP contribution >= 0.6 is 22.9 Å². The molecule has 0 N–H and O–H groups in total. The molecule has 0 amide bonds. The van der Waals surface area contributed by atoms with E-state index >= 15 is 0 Å². The van der Waals surface area contributed by atoms with Crippen molar-refractivity contribution in [2.75, 3.05) is 13.2 Å². The molecular formula is C6H14INO. The summed E-state index contributed by atoms with van der Waals surface area (Å²) in [4.78, 5) is 5.25. The molecule has 0 unspecified atom stereocenters. The average molecular weight is 243 g/mol. The van der Waals surface area contributed by atoms with Gasteiger partial charge in [0.2, 0.25) is 0 Å². The lowest BCUT2D eigenvalue weighted by molar-refractivity contribution is -0.0536. The van der Waals surface area contributed by atoms with Crippen molar-refractivity contribution in [3.63, 3.8) is 0 Å². The summed E-state index contributed by atoms with van der Waals surface area (Å²) in [5.74, 6) is 0. The number of hydrogen-bond donors (Lipinski definition) is 0. The van der Waals surface area contributed by atoms with E-state index in [2.05, 4.69) is 36.7 Å². The van der Waals surface area contributed by atoms with Crippen LogP contribution in [0.4, 0.5) is 0 Å². The Hall–Kier alpha value is 0.650. The highest BCUT2D eigenvalue weighted by atomic mass is 127. The predicted molar refractivity (Wildman–Crippen MR) is 47.3 cm³/mol. The van der Waals surface area contributed by atoms with E-state index < -0.39 is 0 Å². The van der Waals surface area contributed by atoms with Gasteiger partial charge in [0.25, 0.3) is 0 Å². The van der Waals surface area contributed by atoms with Crippen molar-refractivity contribution in [2.45, 2.75) is 26.7 Å². The minimum atomic E-state index is 0.854. The lowest BCUT2D eigenvalue weighted by atomic mass is 10.4. The number of nitrogens with zero attached hydrogens (tertiary/aromatic N) is 1. The zero-order chi connectivity index (χ0) is 7.11. The Morgan fingerprint density at radius 2 is 2.11 bits per heavy atom. The number of unbranched alkanes of at least 4 members (excludes halogenated alkanes) is 1. The number of hydroxylamine groups is 1. The molecule has 0 rings (SSSR count). The minimum absolute atomic E-state index is 0.854. The maximum Gasteiger partial charge on any atom is 0.0694 e. The Morgan fingerprint density at radius 1 is 1.44 bits per heavy atom. The summed E-state index contributed by atoms with van der Waals surface area (Å²) < 4.78 is 1.83. The number of rotatable bonds is 5. The maximum absolute atomic E-state index is 5.25. The average Bonchev–Trinajstić information content (AvgIpc) is 1.89. The standard InChI is InChI=1S/C6H14INO/c1-3-5-6-9-8(7)4-2/h3-6H2,1-2H3. The van der Waals surface area contributed by atoms with E-state index in [9.17, 15) is 0 Å². The highest BCUT2D eigenvalue weighted by Crippen LogP contribution is 1.99. The zero-order valence-corrected chi connectivity index (χ0v) is 8.22. The first-order valence-corrected chi connectivity index (χ1v) is 4.34. The molecule has 0 aromatic heterocycles. The lowest BCUT2D eigenvalue weighted by Crippen LogP contribution is -2.11. The van der Waals surface area contributed by atoms with Crippen LogP contribution in [0.1, 0.15) is 26.7 Å². The highest BCUT2D eigenvalue weighted by Gasteiger charge is 1.92. The van der Waals surface area contributed by atoms with E-state index in [0.29, 0.717) is 0 Å². The Bertz CT molecular complexity index is 61.0. The van der Waals surface area contributed by atoms with Crippen LogP contribution in [0, 0.1) is 0 Å². The van der Waals surface area contributed by atoms with Gasteiger partial charge < -0.3 is 0 Å². The van der Waals surface area contributed by atoms with Crippen LogP contribution in [0.15, 0.2) is 0 Å². The van der Waals surface area contributed by atoms with E-state index in [-0.39, 0.29) is 0 Å². The van der Waals surface area contributed by atoms with Gasteiger partial charge in [-0.1, -0.05) is 13.3 Å². The van der Waals surface area contributed by atoms with Crippen LogP contribution in [0.3, 0.4) is 0 Å². The largest absolute Gasteiger partial charge is 0.289 e. The van der Waals surface area contributed by atoms with Crippen LogP contribution in [-0.2, 0) is 4.84 Å². The SMILES string of the molecule is CCCCON(I)CC. The van der Waals surface area contributed by atoms with Crippen molar-refractivity contribution in [3.05, 3.63) is 0 Å². The second kappa shape index (κ2) is 6.77. The normalized spacial score (nSPS) is 10.7. The van der Waals surface area contributed by atoms with E-state index in [1.165, 1.54) is 6.42 Å². The highest BCUT2D eigenvalue weighted by molar-refractivity contribution is 14.1. The summed E-state index contributed by atoms with van der Waals surface area (Å²) in [5.41, 5.74) is 0. The molecule has 0 fully saturated rings. The van der Waals surface area contributed by atoms with Gasteiger partial charge in [0.1, 0.15) is 0 Å². The van der Waals surface area contributed by atoms with Gasteiger partial charge in [-0.25, -0.2) is 0 Å². The summed E-state index contributed by atoms with van der Waals surface area (Å²) in [6.45, 7) is 6.03. The fourth-order valence-corrected chi connectivity index (χ4v) is 0.596. The topological polar surface area (TPSA) is 12.5 Å². The van der Waals surface area contributed by atoms with Crippen molar-refractivity contribution < 1.29 is 4.84 Å². The molecule has 0 spiro atoms. The summed E-state index contributed by atoms with van der Waals surface area (Å²) in [7, 11) is 0. The Kier molecular flexibility index (Phi) is 7.25. The van der Waals surface area contributed by atoms with E-state index in [4.69, 9.17) is 4.84 Å². The first kappa shape index (κ1) is 9.65. The molecule has 9 heavy (non-hydrogen) atoms. The first-order valence-electron chi connectivity index (χ1n) is 3.37. The quantitative estimate of drug-likeness (QED) is 0.318. The van der Waals surface area contributed by atoms with Gasteiger partial charge in [-0.3, -0.25) is 4.84 Å². The van der Waals surface area contributed by atoms with Crippen LogP contribution in [0.5, 0.6) is 0 Å². The molecule has 0 aliphatic carbocycles. The molecule has 2 nitrogen and oxygen atoms in total. The maximum atomic E-state index is 5.25. The summed E-state index contributed by atoms with van der Waals surface area (Å²) >= 11 is 2.16. The summed E-state index contributed by atoms with van der Waals surface area (Å²) in [5, 5.41) is 0. The zero-order valence-electron chi connectivity index (χ0n) is 6.06. The molecule has 0 saturated heterocycles. The predicted octanol–water partition coefficient (Wildman–Crippen LogP) is 2.39. The van der Waals surface area contributed by atoms with Crippen LogP contribution < -0.4 is 0 Å². The van der Waals surface area contributed by atoms with Gasteiger partial charge in [0.05, 0.1) is 6.61 Å². The smallest absolute Gasteiger partial charge is 0.0694 e. The molecule has 0 aliphatic heterocycles. The molecule has 3 heteroatoms. The number of halogens is 1. The second-order valence-corrected chi connectivity index (χ2v) is 2.90. The van der Waals surface area contributed by atoms with Gasteiger partial charge in [-0.15, -0.1) is 3.28 Å². The fraction of sp³-hybridized carbons (Fsp3) is 1.00. The Labute approximate surface area is 71.0 Å². The molecule has 0 aliphatic rings. The molecule has 56 valence electrons. The number of hydrogen-bond acceptors (Lipinski definition) is 2. The molecular weight excluding hydrogens is 229 g/mol. The second-order valence-electron chi connectivity index (χ2n) is 1.82. The van der Waals surface area contributed by atoms with Crippen molar-refractivity contribution in [1.82, 2.24) is 3.28 Å². The first-order chi connectivity index (χ1) is 4.31. The fourth-order valence-electron chi connectivity index (χ4n) is 0.399. The van der Waals surface area contributed by atoms with Crippen LogP contribution in [0.2, 0.25) is 0 Å². The molecule has 0 aromatic carbocycles. The third-order valence-corrected chi connectivity index (χ3v) is 1.94. The van der Waals surface area contributed by atoms with E-state index in [1.54, 1.807) is 0 Å².